The molecule has 1 aliphatic rings. The molecule has 0 saturated carbocycles. The van der Waals surface area contributed by atoms with Crippen LogP contribution in [0.25, 0.3) is 10.6 Å². The summed E-state index contributed by atoms with van der Waals surface area (Å²) in [5.74, 6) is 0.152. The van der Waals surface area contributed by atoms with E-state index in [9.17, 15) is 9.18 Å². The van der Waals surface area contributed by atoms with Crippen LogP contribution in [0.1, 0.15) is 37.6 Å². The number of nitrogens with zero attached hydrogens (tertiary/aromatic N) is 1. The molecule has 2 aromatic carbocycles. The number of benzene rings is 2. The third-order valence-corrected chi connectivity index (χ3v) is 6.24. The van der Waals surface area contributed by atoms with E-state index in [1.165, 1.54) is 29.0 Å². The number of amides is 1. The largest absolute Gasteiger partial charge is 0.467 e. The maximum Gasteiger partial charge on any atom is 0.263 e. The summed E-state index contributed by atoms with van der Waals surface area (Å²) < 4.78 is 24.6. The minimum absolute atomic E-state index is 0.152. The summed E-state index contributed by atoms with van der Waals surface area (Å²) in [6.45, 7) is 6.79. The number of thiazole rings is 1. The molecule has 3 aromatic rings. The second-order valence-electron chi connectivity index (χ2n) is 7.42. The average molecular weight is 427 g/mol. The fourth-order valence-electron chi connectivity index (χ4n) is 3.61. The van der Waals surface area contributed by atoms with Gasteiger partial charge < -0.3 is 14.8 Å². The molecule has 7 heteroatoms. The Labute approximate surface area is 178 Å². The number of carbonyl (C=O) groups excluding carboxylic acids is 1. The van der Waals surface area contributed by atoms with Crippen molar-refractivity contribution < 1.29 is 18.7 Å². The van der Waals surface area contributed by atoms with Crippen molar-refractivity contribution in [3.63, 3.8) is 0 Å². The third kappa shape index (κ3) is 4.22. The van der Waals surface area contributed by atoms with Crippen LogP contribution in [0, 0.1) is 26.6 Å². The molecule has 30 heavy (non-hydrogen) atoms. The number of ether oxygens (including phenoxy) is 2. The molecular formula is C23H23FN2O3S. The molecule has 0 radical (unpaired) electrons. The molecule has 1 N–H and O–H groups in total. The fourth-order valence-corrected chi connectivity index (χ4v) is 4.68. The van der Waals surface area contributed by atoms with Gasteiger partial charge in [-0.3, -0.25) is 4.79 Å². The van der Waals surface area contributed by atoms with Crippen molar-refractivity contribution in [1.29, 1.82) is 0 Å². The molecular weight excluding hydrogens is 403 g/mol. The topological polar surface area (TPSA) is 60.5 Å². The first-order valence-electron chi connectivity index (χ1n) is 9.77. The zero-order valence-corrected chi connectivity index (χ0v) is 18.0. The number of hydrogen-bond donors (Lipinski definition) is 1. The summed E-state index contributed by atoms with van der Waals surface area (Å²) in [5.41, 5.74) is 5.49. The van der Waals surface area contributed by atoms with Crippen LogP contribution >= 0.6 is 11.3 Å². The van der Waals surface area contributed by atoms with Gasteiger partial charge in [0.05, 0.1) is 12.3 Å². The van der Waals surface area contributed by atoms with Crippen molar-refractivity contribution in [3.8, 4) is 16.3 Å². The van der Waals surface area contributed by atoms with Crippen molar-refractivity contribution in [2.45, 2.75) is 33.8 Å². The van der Waals surface area contributed by atoms with Crippen LogP contribution in [0.5, 0.6) is 5.75 Å². The van der Waals surface area contributed by atoms with Gasteiger partial charge in [-0.15, -0.1) is 11.3 Å². The second kappa shape index (κ2) is 8.53. The lowest BCUT2D eigenvalue weighted by Crippen LogP contribution is -2.26. The van der Waals surface area contributed by atoms with Gasteiger partial charge in [0.25, 0.3) is 5.91 Å². The number of aryl methyl sites for hydroxylation is 3. The Morgan fingerprint density at radius 3 is 2.87 bits per heavy atom. The minimum atomic E-state index is -0.333. The molecule has 0 aliphatic carbocycles. The molecule has 0 unspecified atom stereocenters. The summed E-state index contributed by atoms with van der Waals surface area (Å²) in [4.78, 5) is 17.9. The molecule has 4 rings (SSSR count). The Morgan fingerprint density at radius 1 is 1.23 bits per heavy atom. The maximum absolute atomic E-state index is 13.9. The van der Waals surface area contributed by atoms with Gasteiger partial charge in [0.1, 0.15) is 21.5 Å². The average Bonchev–Trinajstić information content (AvgIpc) is 3.09. The number of halogens is 1. The Hall–Kier alpha value is -2.77. The van der Waals surface area contributed by atoms with E-state index in [0.717, 1.165) is 21.7 Å². The first-order valence-corrected chi connectivity index (χ1v) is 10.6. The molecule has 0 bridgehead atoms. The highest BCUT2D eigenvalue weighted by molar-refractivity contribution is 7.17. The van der Waals surface area contributed by atoms with E-state index in [1.807, 2.05) is 26.0 Å². The second-order valence-corrected chi connectivity index (χ2v) is 8.42. The number of fused-ring (bicyclic) bond motifs is 1. The number of carbonyl (C=O) groups is 1. The standard InChI is InChI=1S/C23H23FN2O3S/c1-13-4-5-19(14(2)8-13)23-26-15(3)21(30-23)22(27)25-7-6-16-9-18(24)10-17-11-28-12-29-20(16)17/h4-5,8-10H,6-7,11-12H2,1-3H3,(H,25,27). The van der Waals surface area contributed by atoms with E-state index in [1.54, 1.807) is 0 Å². The van der Waals surface area contributed by atoms with Crippen LogP contribution in [0.2, 0.25) is 0 Å². The number of hydrogen-bond acceptors (Lipinski definition) is 5. The highest BCUT2D eigenvalue weighted by Gasteiger charge is 2.19. The van der Waals surface area contributed by atoms with Gasteiger partial charge in [-0.05, 0) is 50.5 Å². The van der Waals surface area contributed by atoms with E-state index >= 15 is 0 Å². The van der Waals surface area contributed by atoms with Crippen molar-refractivity contribution in [3.05, 3.63) is 69.0 Å². The summed E-state index contributed by atoms with van der Waals surface area (Å²) in [7, 11) is 0. The van der Waals surface area contributed by atoms with Gasteiger partial charge >= 0.3 is 0 Å². The van der Waals surface area contributed by atoms with Crippen LogP contribution in [0.15, 0.2) is 30.3 Å². The van der Waals surface area contributed by atoms with E-state index < -0.39 is 0 Å². The number of aromatic nitrogens is 1. The van der Waals surface area contributed by atoms with Crippen LogP contribution in [0.3, 0.4) is 0 Å². The lowest BCUT2D eigenvalue weighted by Gasteiger charge is -2.20. The molecule has 2 heterocycles. The number of nitrogens with one attached hydrogen (secondary N) is 1. The van der Waals surface area contributed by atoms with Crippen molar-refractivity contribution in [2.24, 2.45) is 0 Å². The van der Waals surface area contributed by atoms with E-state index in [0.29, 0.717) is 41.5 Å². The predicted molar refractivity (Wildman–Crippen MR) is 114 cm³/mol. The summed E-state index contributed by atoms with van der Waals surface area (Å²) in [6.07, 6.45) is 0.466. The molecule has 0 atom stereocenters. The Bertz CT molecular complexity index is 1110. The van der Waals surface area contributed by atoms with Crippen LogP contribution in [0.4, 0.5) is 4.39 Å². The summed E-state index contributed by atoms with van der Waals surface area (Å²) >= 11 is 1.39. The maximum atomic E-state index is 13.9. The van der Waals surface area contributed by atoms with Crippen molar-refractivity contribution >= 4 is 17.2 Å². The molecule has 5 nitrogen and oxygen atoms in total. The smallest absolute Gasteiger partial charge is 0.263 e. The molecule has 1 aromatic heterocycles. The summed E-state index contributed by atoms with van der Waals surface area (Å²) in [6, 6.07) is 9.07. The van der Waals surface area contributed by atoms with Gasteiger partial charge in [0.15, 0.2) is 6.79 Å². The predicted octanol–water partition coefficient (Wildman–Crippen LogP) is 4.71. The Morgan fingerprint density at radius 2 is 2.07 bits per heavy atom. The zero-order chi connectivity index (χ0) is 21.3. The van der Waals surface area contributed by atoms with Gasteiger partial charge in [0.2, 0.25) is 0 Å². The van der Waals surface area contributed by atoms with Gasteiger partial charge in [-0.25, -0.2) is 9.37 Å². The molecule has 0 fully saturated rings. The normalized spacial score (nSPS) is 12.9. The Kier molecular flexibility index (Phi) is 5.83. The molecule has 0 spiro atoms. The van der Waals surface area contributed by atoms with Crippen molar-refractivity contribution in [2.75, 3.05) is 13.3 Å². The minimum Gasteiger partial charge on any atom is -0.467 e. The van der Waals surface area contributed by atoms with Gasteiger partial charge in [-0.2, -0.15) is 0 Å². The number of rotatable bonds is 5. The quantitative estimate of drug-likeness (QED) is 0.642. The lowest BCUT2D eigenvalue weighted by atomic mass is 10.1. The first kappa shape index (κ1) is 20.5. The SMILES string of the molecule is Cc1ccc(-c2nc(C)c(C(=O)NCCc3cc(F)cc4c3OCOC4)s2)c(C)c1. The van der Waals surface area contributed by atoms with Crippen LogP contribution in [-0.4, -0.2) is 24.2 Å². The third-order valence-electron chi connectivity index (χ3n) is 5.05. The lowest BCUT2D eigenvalue weighted by molar-refractivity contribution is -0.0172. The molecule has 156 valence electrons. The molecule has 1 aliphatic heterocycles. The van der Waals surface area contributed by atoms with Gasteiger partial charge in [-0.1, -0.05) is 23.8 Å². The molecule has 1 amide bonds. The van der Waals surface area contributed by atoms with E-state index in [4.69, 9.17) is 9.47 Å². The zero-order valence-electron chi connectivity index (χ0n) is 17.2. The fraction of sp³-hybridized carbons (Fsp3) is 0.304. The van der Waals surface area contributed by atoms with E-state index in [-0.39, 0.29) is 18.5 Å². The van der Waals surface area contributed by atoms with Crippen LogP contribution in [-0.2, 0) is 17.8 Å². The highest BCUT2D eigenvalue weighted by Crippen LogP contribution is 2.31. The van der Waals surface area contributed by atoms with E-state index in [2.05, 4.69) is 23.3 Å². The highest BCUT2D eigenvalue weighted by atomic mass is 32.1. The van der Waals surface area contributed by atoms with Gasteiger partial charge in [0, 0.05) is 17.7 Å². The van der Waals surface area contributed by atoms with Crippen LogP contribution < -0.4 is 10.1 Å². The molecule has 0 saturated heterocycles. The monoisotopic (exact) mass is 426 g/mol. The van der Waals surface area contributed by atoms with Crippen molar-refractivity contribution in [1.82, 2.24) is 10.3 Å². The summed E-state index contributed by atoms with van der Waals surface area (Å²) in [5, 5.41) is 3.76. The Balaban J connectivity index is 1.45. The first-order chi connectivity index (χ1) is 14.4.